The van der Waals surface area contributed by atoms with E-state index in [2.05, 4.69) is 10.2 Å². The molecule has 0 saturated heterocycles. The van der Waals surface area contributed by atoms with Crippen molar-refractivity contribution in [2.24, 2.45) is 0 Å². The van der Waals surface area contributed by atoms with Crippen LogP contribution in [0.2, 0.25) is 0 Å². The van der Waals surface area contributed by atoms with Gasteiger partial charge in [-0.05, 0) is 32.0 Å². The molecule has 0 radical (unpaired) electrons. The first-order valence-electron chi connectivity index (χ1n) is 6.06. The molecular formula is C13H15ClN2O2S. The summed E-state index contributed by atoms with van der Waals surface area (Å²) in [4.78, 5) is 0. The van der Waals surface area contributed by atoms with Crippen LogP contribution in [0.25, 0.3) is 10.6 Å². The third-order valence-corrected chi connectivity index (χ3v) is 3.76. The van der Waals surface area contributed by atoms with E-state index in [0.29, 0.717) is 19.1 Å². The quantitative estimate of drug-likeness (QED) is 0.762. The minimum absolute atomic E-state index is 0.382. The van der Waals surface area contributed by atoms with Crippen LogP contribution < -0.4 is 9.47 Å². The van der Waals surface area contributed by atoms with Gasteiger partial charge in [0.2, 0.25) is 0 Å². The van der Waals surface area contributed by atoms with Crippen LogP contribution in [0.1, 0.15) is 18.9 Å². The third-order valence-electron chi connectivity index (χ3n) is 2.37. The molecule has 0 N–H and O–H groups in total. The summed E-state index contributed by atoms with van der Waals surface area (Å²) in [6.45, 7) is 5.08. The molecule has 0 atom stereocenters. The molecule has 6 heteroatoms. The second-order valence-electron chi connectivity index (χ2n) is 3.66. The molecule has 0 aliphatic carbocycles. The molecular weight excluding hydrogens is 284 g/mol. The lowest BCUT2D eigenvalue weighted by molar-refractivity contribution is 0.288. The molecule has 0 saturated carbocycles. The molecule has 0 aliphatic heterocycles. The maximum Gasteiger partial charge on any atom is 0.161 e. The zero-order valence-corrected chi connectivity index (χ0v) is 12.4. The predicted molar refractivity (Wildman–Crippen MR) is 77.2 cm³/mol. The Morgan fingerprint density at radius 3 is 2.47 bits per heavy atom. The van der Waals surface area contributed by atoms with Gasteiger partial charge in [0.1, 0.15) is 10.0 Å². The number of halogens is 1. The van der Waals surface area contributed by atoms with Crippen LogP contribution in [0.15, 0.2) is 18.2 Å². The van der Waals surface area contributed by atoms with Gasteiger partial charge in [-0.15, -0.1) is 21.8 Å². The van der Waals surface area contributed by atoms with Gasteiger partial charge in [-0.2, -0.15) is 0 Å². The molecule has 2 aromatic rings. The first kappa shape index (κ1) is 14.1. The van der Waals surface area contributed by atoms with E-state index in [1.807, 2.05) is 32.0 Å². The molecule has 0 spiro atoms. The van der Waals surface area contributed by atoms with E-state index in [4.69, 9.17) is 21.1 Å². The van der Waals surface area contributed by atoms with Crippen molar-refractivity contribution in [3.05, 3.63) is 23.2 Å². The monoisotopic (exact) mass is 298 g/mol. The van der Waals surface area contributed by atoms with Crippen LogP contribution in [0.5, 0.6) is 11.5 Å². The summed E-state index contributed by atoms with van der Waals surface area (Å²) in [5, 5.41) is 9.77. The van der Waals surface area contributed by atoms with Gasteiger partial charge in [0.05, 0.1) is 19.1 Å². The second-order valence-corrected chi connectivity index (χ2v) is 4.99. The van der Waals surface area contributed by atoms with Crippen molar-refractivity contribution in [3.63, 3.8) is 0 Å². The Labute approximate surface area is 121 Å². The zero-order chi connectivity index (χ0) is 13.7. The molecule has 2 rings (SSSR count). The van der Waals surface area contributed by atoms with Crippen LogP contribution in [0, 0.1) is 0 Å². The predicted octanol–water partition coefficient (Wildman–Crippen LogP) is 3.74. The van der Waals surface area contributed by atoms with Crippen molar-refractivity contribution in [3.8, 4) is 22.1 Å². The van der Waals surface area contributed by atoms with Gasteiger partial charge in [0.25, 0.3) is 0 Å². The molecule has 19 heavy (non-hydrogen) atoms. The van der Waals surface area contributed by atoms with Gasteiger partial charge in [-0.1, -0.05) is 11.3 Å². The lowest BCUT2D eigenvalue weighted by atomic mass is 10.2. The molecule has 0 unspecified atom stereocenters. The maximum atomic E-state index is 5.74. The highest BCUT2D eigenvalue weighted by Crippen LogP contribution is 2.34. The van der Waals surface area contributed by atoms with Gasteiger partial charge in [0, 0.05) is 5.56 Å². The molecule has 1 aromatic carbocycles. The van der Waals surface area contributed by atoms with Gasteiger partial charge in [0.15, 0.2) is 11.5 Å². The van der Waals surface area contributed by atoms with Crippen molar-refractivity contribution in [1.82, 2.24) is 10.2 Å². The fraction of sp³-hybridized carbons (Fsp3) is 0.385. The summed E-state index contributed by atoms with van der Waals surface area (Å²) < 4.78 is 11.1. The zero-order valence-electron chi connectivity index (χ0n) is 10.9. The van der Waals surface area contributed by atoms with Crippen molar-refractivity contribution in [2.75, 3.05) is 13.2 Å². The Hall–Kier alpha value is -1.33. The largest absolute Gasteiger partial charge is 0.490 e. The average Bonchev–Trinajstić information content (AvgIpc) is 2.90. The van der Waals surface area contributed by atoms with Crippen molar-refractivity contribution < 1.29 is 9.47 Å². The summed E-state index contributed by atoms with van der Waals surface area (Å²) in [5.41, 5.74) is 0.959. The Morgan fingerprint density at radius 1 is 1.11 bits per heavy atom. The van der Waals surface area contributed by atoms with Crippen LogP contribution >= 0.6 is 22.9 Å². The normalized spacial score (nSPS) is 10.5. The van der Waals surface area contributed by atoms with Crippen molar-refractivity contribution >= 4 is 22.9 Å². The summed E-state index contributed by atoms with van der Waals surface area (Å²) in [6, 6.07) is 5.77. The molecule has 4 nitrogen and oxygen atoms in total. The van der Waals surface area contributed by atoms with Crippen LogP contribution in [0.3, 0.4) is 0 Å². The van der Waals surface area contributed by atoms with Gasteiger partial charge in [-0.25, -0.2) is 0 Å². The molecule has 1 heterocycles. The van der Waals surface area contributed by atoms with E-state index >= 15 is 0 Å². The fourth-order valence-corrected chi connectivity index (χ4v) is 2.51. The Kier molecular flexibility index (Phi) is 4.99. The Bertz CT molecular complexity index is 545. The van der Waals surface area contributed by atoms with Crippen LogP contribution in [-0.4, -0.2) is 23.4 Å². The third kappa shape index (κ3) is 3.36. The second kappa shape index (κ2) is 6.73. The molecule has 0 amide bonds. The number of hydrogen-bond donors (Lipinski definition) is 0. The van der Waals surface area contributed by atoms with Gasteiger partial charge in [-0.3, -0.25) is 0 Å². The number of benzene rings is 1. The summed E-state index contributed by atoms with van der Waals surface area (Å²) in [5.74, 6) is 1.85. The minimum atomic E-state index is 0.382. The van der Waals surface area contributed by atoms with Crippen LogP contribution in [0.4, 0.5) is 0 Å². The highest BCUT2D eigenvalue weighted by molar-refractivity contribution is 7.14. The number of alkyl halides is 1. The average molecular weight is 299 g/mol. The molecule has 1 aromatic heterocycles. The van der Waals surface area contributed by atoms with Crippen molar-refractivity contribution in [1.29, 1.82) is 0 Å². The Balaban J connectivity index is 2.33. The minimum Gasteiger partial charge on any atom is -0.490 e. The van der Waals surface area contributed by atoms with E-state index < -0.39 is 0 Å². The SMILES string of the molecule is CCOc1ccc(-c2nnc(CCl)s2)cc1OCC. The van der Waals surface area contributed by atoms with Crippen LogP contribution in [-0.2, 0) is 5.88 Å². The van der Waals surface area contributed by atoms with E-state index in [0.717, 1.165) is 27.1 Å². The van der Waals surface area contributed by atoms with E-state index in [1.165, 1.54) is 11.3 Å². The van der Waals surface area contributed by atoms with E-state index in [9.17, 15) is 0 Å². The summed E-state index contributed by atoms with van der Waals surface area (Å²) >= 11 is 7.22. The lowest BCUT2D eigenvalue weighted by Crippen LogP contribution is -1.98. The summed E-state index contributed by atoms with van der Waals surface area (Å²) in [7, 11) is 0. The smallest absolute Gasteiger partial charge is 0.161 e. The first-order chi connectivity index (χ1) is 9.28. The van der Waals surface area contributed by atoms with Gasteiger partial charge < -0.3 is 9.47 Å². The number of aromatic nitrogens is 2. The maximum absolute atomic E-state index is 5.74. The number of nitrogens with zero attached hydrogens (tertiary/aromatic N) is 2. The fourth-order valence-electron chi connectivity index (χ4n) is 1.61. The highest BCUT2D eigenvalue weighted by atomic mass is 35.5. The highest BCUT2D eigenvalue weighted by Gasteiger charge is 2.11. The number of rotatable bonds is 6. The molecule has 0 bridgehead atoms. The van der Waals surface area contributed by atoms with E-state index in [1.54, 1.807) is 0 Å². The molecule has 102 valence electrons. The number of ether oxygens (including phenoxy) is 2. The first-order valence-corrected chi connectivity index (χ1v) is 7.42. The molecule has 0 aliphatic rings. The van der Waals surface area contributed by atoms with Gasteiger partial charge >= 0.3 is 0 Å². The number of hydrogen-bond acceptors (Lipinski definition) is 5. The topological polar surface area (TPSA) is 44.2 Å². The standard InChI is InChI=1S/C13H15ClN2O2S/c1-3-17-10-6-5-9(7-11(10)18-4-2)13-16-15-12(8-14)19-13/h5-7H,3-4,8H2,1-2H3. The molecule has 0 fully saturated rings. The van der Waals surface area contributed by atoms with E-state index in [-0.39, 0.29) is 0 Å². The Morgan fingerprint density at radius 2 is 1.84 bits per heavy atom. The lowest BCUT2D eigenvalue weighted by Gasteiger charge is -2.11. The summed E-state index contributed by atoms with van der Waals surface area (Å²) in [6.07, 6.45) is 0. The van der Waals surface area contributed by atoms with Crippen molar-refractivity contribution in [2.45, 2.75) is 19.7 Å².